The van der Waals surface area contributed by atoms with Crippen molar-refractivity contribution in [3.63, 3.8) is 0 Å². The third kappa shape index (κ3) is 16.5. The molecule has 10 nitrogen and oxygen atoms in total. The summed E-state index contributed by atoms with van der Waals surface area (Å²) in [5.74, 6) is -0.451. The summed E-state index contributed by atoms with van der Waals surface area (Å²) < 4.78 is 45.7. The van der Waals surface area contributed by atoms with E-state index < -0.39 is 43.5 Å². The maximum absolute atomic E-state index is 13.1. The highest BCUT2D eigenvalue weighted by atomic mass is 31.2. The standard InChI is InChI=1S/C26H44NO9P/c1-24(2,3)34-22(28)15-16-27(17-18-31-19-21-13-11-10-12-14-21)23(29)32-20-33-37(30,35-25(4,5)6)36-26(7,8)9/h10-14H,15-20H2,1-9H3. The maximum Gasteiger partial charge on any atom is 0.478 e. The van der Waals surface area contributed by atoms with Gasteiger partial charge in [-0.1, -0.05) is 30.3 Å². The summed E-state index contributed by atoms with van der Waals surface area (Å²) in [4.78, 5) is 26.3. The molecule has 0 unspecified atom stereocenters. The zero-order valence-corrected chi connectivity index (χ0v) is 24.6. The van der Waals surface area contributed by atoms with Gasteiger partial charge in [-0.25, -0.2) is 13.9 Å². The molecule has 0 saturated carbocycles. The Bertz CT molecular complexity index is 866. The van der Waals surface area contributed by atoms with E-state index in [1.807, 2.05) is 30.3 Å². The fourth-order valence-corrected chi connectivity index (χ4v) is 4.49. The van der Waals surface area contributed by atoms with E-state index in [1.54, 1.807) is 62.3 Å². The van der Waals surface area contributed by atoms with Crippen LogP contribution in [0.2, 0.25) is 0 Å². The smallest absolute Gasteiger partial charge is 0.460 e. The van der Waals surface area contributed by atoms with E-state index in [9.17, 15) is 14.2 Å². The minimum absolute atomic E-state index is 0.0370. The first kappa shape index (κ1) is 33.1. The van der Waals surface area contributed by atoms with Crippen molar-refractivity contribution in [2.45, 2.75) is 92.1 Å². The Balaban J connectivity index is 2.76. The molecule has 0 saturated heterocycles. The maximum atomic E-state index is 13.1. The lowest BCUT2D eigenvalue weighted by Crippen LogP contribution is -2.37. The van der Waals surface area contributed by atoms with Crippen LogP contribution in [0.15, 0.2) is 30.3 Å². The first-order chi connectivity index (χ1) is 16.9. The zero-order valence-electron chi connectivity index (χ0n) is 23.7. The summed E-state index contributed by atoms with van der Waals surface area (Å²) in [6.45, 7) is 15.6. The minimum Gasteiger partial charge on any atom is -0.460 e. The molecule has 212 valence electrons. The molecule has 0 heterocycles. The molecular formula is C26H44NO9P. The van der Waals surface area contributed by atoms with Crippen LogP contribution in [-0.2, 0) is 43.7 Å². The average molecular weight is 546 g/mol. The van der Waals surface area contributed by atoms with E-state index in [-0.39, 0.29) is 26.1 Å². The van der Waals surface area contributed by atoms with Gasteiger partial charge in [0, 0.05) is 13.1 Å². The Morgan fingerprint density at radius 2 is 1.41 bits per heavy atom. The summed E-state index contributed by atoms with van der Waals surface area (Å²) in [7, 11) is -4.06. The summed E-state index contributed by atoms with van der Waals surface area (Å²) in [6, 6.07) is 9.61. The van der Waals surface area contributed by atoms with Gasteiger partial charge in [0.25, 0.3) is 0 Å². The number of carbonyl (C=O) groups is 2. The predicted molar refractivity (Wildman–Crippen MR) is 140 cm³/mol. The molecular weight excluding hydrogens is 501 g/mol. The fourth-order valence-electron chi connectivity index (χ4n) is 2.83. The monoisotopic (exact) mass is 545 g/mol. The van der Waals surface area contributed by atoms with Gasteiger partial charge in [0.15, 0.2) is 0 Å². The average Bonchev–Trinajstić information content (AvgIpc) is 2.69. The van der Waals surface area contributed by atoms with E-state index in [0.29, 0.717) is 6.61 Å². The van der Waals surface area contributed by atoms with E-state index in [2.05, 4.69) is 0 Å². The molecule has 0 bridgehead atoms. The molecule has 0 radical (unpaired) electrons. The number of hydrogen-bond donors (Lipinski definition) is 0. The third-order valence-corrected chi connectivity index (χ3v) is 6.01. The topological polar surface area (TPSA) is 110 Å². The van der Waals surface area contributed by atoms with Crippen LogP contribution >= 0.6 is 7.82 Å². The van der Waals surface area contributed by atoms with Crippen molar-refractivity contribution in [1.29, 1.82) is 0 Å². The lowest BCUT2D eigenvalue weighted by Gasteiger charge is -2.30. The molecule has 0 aromatic heterocycles. The molecule has 0 atom stereocenters. The van der Waals surface area contributed by atoms with Crippen LogP contribution in [0.25, 0.3) is 0 Å². The number of phosphoric ester groups is 1. The van der Waals surface area contributed by atoms with Crippen LogP contribution in [0, 0.1) is 0 Å². The lowest BCUT2D eigenvalue weighted by molar-refractivity contribution is -0.155. The van der Waals surface area contributed by atoms with Gasteiger partial charge >= 0.3 is 19.9 Å². The van der Waals surface area contributed by atoms with Crippen LogP contribution in [0.1, 0.15) is 74.3 Å². The third-order valence-electron chi connectivity index (χ3n) is 4.05. The molecule has 1 rings (SSSR count). The van der Waals surface area contributed by atoms with Crippen LogP contribution in [0.4, 0.5) is 4.79 Å². The van der Waals surface area contributed by atoms with Crippen molar-refractivity contribution in [1.82, 2.24) is 4.90 Å². The first-order valence-corrected chi connectivity index (χ1v) is 13.7. The van der Waals surface area contributed by atoms with Gasteiger partial charge in [0.1, 0.15) is 5.60 Å². The highest BCUT2D eigenvalue weighted by molar-refractivity contribution is 7.48. The lowest BCUT2D eigenvalue weighted by atomic mass is 10.2. The number of ether oxygens (including phenoxy) is 3. The number of carbonyl (C=O) groups excluding carboxylic acids is 2. The second-order valence-electron chi connectivity index (χ2n) is 11.4. The van der Waals surface area contributed by atoms with E-state index in [0.717, 1.165) is 5.56 Å². The van der Waals surface area contributed by atoms with Gasteiger partial charge in [0.2, 0.25) is 6.79 Å². The van der Waals surface area contributed by atoms with Crippen molar-refractivity contribution in [2.24, 2.45) is 0 Å². The second kappa shape index (κ2) is 14.3. The van der Waals surface area contributed by atoms with E-state index in [4.69, 9.17) is 27.8 Å². The van der Waals surface area contributed by atoms with Crippen LogP contribution in [-0.4, -0.2) is 60.3 Å². The predicted octanol–water partition coefficient (Wildman–Crippen LogP) is 6.09. The van der Waals surface area contributed by atoms with E-state index in [1.165, 1.54) is 4.90 Å². The van der Waals surface area contributed by atoms with Crippen molar-refractivity contribution in [3.05, 3.63) is 35.9 Å². The summed E-state index contributed by atoms with van der Waals surface area (Å²) in [6.07, 6.45) is -0.810. The molecule has 11 heteroatoms. The Morgan fingerprint density at radius 3 is 1.92 bits per heavy atom. The number of esters is 1. The molecule has 0 aliphatic carbocycles. The summed E-state index contributed by atoms with van der Waals surface area (Å²) in [5, 5.41) is 0. The van der Waals surface area contributed by atoms with E-state index >= 15 is 0 Å². The van der Waals surface area contributed by atoms with Crippen molar-refractivity contribution in [3.8, 4) is 0 Å². The van der Waals surface area contributed by atoms with Crippen molar-refractivity contribution >= 4 is 19.9 Å². The highest BCUT2D eigenvalue weighted by Crippen LogP contribution is 2.55. The second-order valence-corrected chi connectivity index (χ2v) is 12.9. The van der Waals surface area contributed by atoms with Gasteiger partial charge in [-0.15, -0.1) is 0 Å². The van der Waals surface area contributed by atoms with Crippen LogP contribution in [0.3, 0.4) is 0 Å². The number of hydrogen-bond acceptors (Lipinski definition) is 9. The largest absolute Gasteiger partial charge is 0.478 e. The van der Waals surface area contributed by atoms with Gasteiger partial charge in [-0.05, 0) is 67.9 Å². The first-order valence-electron chi connectivity index (χ1n) is 12.3. The Kier molecular flexibility index (Phi) is 12.7. The van der Waals surface area contributed by atoms with Crippen LogP contribution in [0.5, 0.6) is 0 Å². The molecule has 1 aromatic carbocycles. The van der Waals surface area contributed by atoms with Crippen LogP contribution < -0.4 is 0 Å². The SMILES string of the molecule is CC(C)(C)OC(=O)CCN(CCOCc1ccccc1)C(=O)OCOP(=O)(OC(C)(C)C)OC(C)(C)C. The Morgan fingerprint density at radius 1 is 0.838 bits per heavy atom. The molecule has 0 spiro atoms. The summed E-state index contributed by atoms with van der Waals surface area (Å²) in [5.41, 5.74) is -1.32. The Labute approximate surface area is 221 Å². The van der Waals surface area contributed by atoms with Gasteiger partial charge in [-0.3, -0.25) is 13.8 Å². The minimum atomic E-state index is -4.06. The molecule has 0 fully saturated rings. The molecule has 1 aromatic rings. The van der Waals surface area contributed by atoms with Crippen molar-refractivity contribution < 1.29 is 41.9 Å². The molecule has 37 heavy (non-hydrogen) atoms. The van der Waals surface area contributed by atoms with Gasteiger partial charge < -0.3 is 19.1 Å². The number of phosphoric acid groups is 1. The number of nitrogens with zero attached hydrogens (tertiary/aromatic N) is 1. The number of benzene rings is 1. The van der Waals surface area contributed by atoms with Crippen molar-refractivity contribution in [2.75, 3.05) is 26.5 Å². The number of rotatable bonds is 13. The quantitative estimate of drug-likeness (QED) is 0.126. The molecule has 0 aliphatic heterocycles. The fraction of sp³-hybridized carbons (Fsp3) is 0.692. The molecule has 0 N–H and O–H groups in total. The highest BCUT2D eigenvalue weighted by Gasteiger charge is 2.37. The van der Waals surface area contributed by atoms with Gasteiger partial charge in [0.05, 0.1) is 30.8 Å². The van der Waals surface area contributed by atoms with Gasteiger partial charge in [-0.2, -0.15) is 0 Å². The Hall–Kier alpha value is -1.97. The number of amides is 1. The zero-order chi connectivity index (χ0) is 28.3. The molecule has 1 amide bonds. The normalized spacial score (nSPS) is 12.8. The molecule has 0 aliphatic rings. The summed E-state index contributed by atoms with van der Waals surface area (Å²) >= 11 is 0.